The molecule has 114 valence electrons. The van der Waals surface area contributed by atoms with E-state index in [1.54, 1.807) is 25.1 Å². The average molecular weight is 293 g/mol. The maximum atomic E-state index is 12.2. The van der Waals surface area contributed by atoms with E-state index in [1.165, 1.54) is 7.11 Å². The molecule has 0 unspecified atom stereocenters. The van der Waals surface area contributed by atoms with Crippen LogP contribution in [0, 0.1) is 0 Å². The zero-order valence-electron chi connectivity index (χ0n) is 12.4. The first-order chi connectivity index (χ1) is 10.1. The first-order valence-corrected chi connectivity index (χ1v) is 6.80. The molecule has 1 aliphatic heterocycles. The third kappa shape index (κ3) is 3.33. The van der Waals surface area contributed by atoms with Crippen molar-refractivity contribution in [2.75, 3.05) is 33.9 Å². The fraction of sp³-hybridized carbons (Fsp3) is 0.467. The zero-order valence-corrected chi connectivity index (χ0v) is 12.4. The van der Waals surface area contributed by atoms with Gasteiger partial charge in [-0.25, -0.2) is 4.79 Å². The van der Waals surface area contributed by atoms with Crippen LogP contribution in [0.25, 0.3) is 0 Å². The molecule has 6 nitrogen and oxygen atoms in total. The Kier molecular flexibility index (Phi) is 4.80. The second-order valence-corrected chi connectivity index (χ2v) is 4.85. The molecule has 1 heterocycles. The second kappa shape index (κ2) is 6.58. The molecular formula is C15H19NO5. The molecule has 1 aliphatic rings. The molecule has 0 radical (unpaired) electrons. The highest BCUT2D eigenvalue weighted by Gasteiger charge is 2.30. The lowest BCUT2D eigenvalue weighted by atomic mass is 10.1. The minimum absolute atomic E-state index is 0.0138. The van der Waals surface area contributed by atoms with Gasteiger partial charge < -0.3 is 14.2 Å². The third-order valence-electron chi connectivity index (χ3n) is 3.22. The van der Waals surface area contributed by atoms with Crippen molar-refractivity contribution >= 4 is 11.8 Å². The Hall–Kier alpha value is -2.08. The first kappa shape index (κ1) is 15.3. The van der Waals surface area contributed by atoms with Gasteiger partial charge >= 0.3 is 5.97 Å². The number of ether oxygens (including phenoxy) is 3. The summed E-state index contributed by atoms with van der Waals surface area (Å²) >= 11 is 0. The Morgan fingerprint density at radius 1 is 1.33 bits per heavy atom. The molecule has 6 heteroatoms. The summed E-state index contributed by atoms with van der Waals surface area (Å²) in [7, 11) is 3.47. The molecule has 1 aromatic carbocycles. The number of carbonyl (C=O) groups excluding carboxylic acids is 2. The van der Waals surface area contributed by atoms with E-state index in [2.05, 4.69) is 4.90 Å². The lowest BCUT2D eigenvalue weighted by Gasteiger charge is -2.36. The van der Waals surface area contributed by atoms with Gasteiger partial charge in [-0.05, 0) is 26.1 Å². The van der Waals surface area contributed by atoms with E-state index in [1.807, 2.05) is 7.05 Å². The van der Waals surface area contributed by atoms with Crippen LogP contribution in [-0.4, -0.2) is 56.6 Å². The predicted octanol–water partition coefficient (Wildman–Crippen LogP) is 1.13. The molecule has 0 saturated carbocycles. The Labute approximate surface area is 123 Å². The maximum Gasteiger partial charge on any atom is 0.379 e. The topological polar surface area (TPSA) is 65.1 Å². The normalized spacial score (nSPS) is 15.2. The largest absolute Gasteiger partial charge is 0.493 e. The molecule has 1 fully saturated rings. The van der Waals surface area contributed by atoms with Crippen LogP contribution >= 0.6 is 0 Å². The number of likely N-dealkylation sites (tertiary alicyclic amines) is 1. The number of Topliss-reactive ketones (excluding diaryl/α,β-unsaturated/α-hetero) is 1. The number of likely N-dealkylation sites (N-methyl/N-ethyl adjacent to an activating group) is 1. The number of hydrogen-bond donors (Lipinski definition) is 0. The van der Waals surface area contributed by atoms with Crippen LogP contribution in [0.5, 0.6) is 11.5 Å². The molecule has 0 bridgehead atoms. The number of para-hydroxylation sites is 1. The zero-order chi connectivity index (χ0) is 15.4. The summed E-state index contributed by atoms with van der Waals surface area (Å²) in [6, 6.07) is 4.88. The van der Waals surface area contributed by atoms with Gasteiger partial charge in [0.2, 0.25) is 0 Å². The van der Waals surface area contributed by atoms with E-state index in [0.717, 1.165) is 13.1 Å². The maximum absolute atomic E-state index is 12.2. The van der Waals surface area contributed by atoms with E-state index >= 15 is 0 Å². The third-order valence-corrected chi connectivity index (χ3v) is 3.22. The molecule has 0 N–H and O–H groups in total. The van der Waals surface area contributed by atoms with Crippen LogP contribution in [-0.2, 0) is 9.53 Å². The van der Waals surface area contributed by atoms with Crippen LogP contribution < -0.4 is 9.47 Å². The highest BCUT2D eigenvalue weighted by Crippen LogP contribution is 2.33. The molecule has 0 atom stereocenters. The number of carbonyl (C=O) groups is 2. The highest BCUT2D eigenvalue weighted by atomic mass is 16.5. The number of benzene rings is 1. The fourth-order valence-electron chi connectivity index (χ4n) is 2.17. The van der Waals surface area contributed by atoms with E-state index in [-0.39, 0.29) is 18.3 Å². The Morgan fingerprint density at radius 3 is 2.62 bits per heavy atom. The van der Waals surface area contributed by atoms with E-state index in [4.69, 9.17) is 14.2 Å². The van der Waals surface area contributed by atoms with Gasteiger partial charge in [-0.15, -0.1) is 0 Å². The van der Waals surface area contributed by atoms with Gasteiger partial charge in [-0.1, -0.05) is 6.07 Å². The number of hydrogen-bond acceptors (Lipinski definition) is 6. The monoisotopic (exact) mass is 293 g/mol. The van der Waals surface area contributed by atoms with E-state index < -0.39 is 11.8 Å². The van der Waals surface area contributed by atoms with Crippen LogP contribution in [0.2, 0.25) is 0 Å². The molecule has 21 heavy (non-hydrogen) atoms. The van der Waals surface area contributed by atoms with Gasteiger partial charge in [0.15, 0.2) is 11.5 Å². The van der Waals surface area contributed by atoms with E-state index in [9.17, 15) is 9.59 Å². The van der Waals surface area contributed by atoms with Gasteiger partial charge in [-0.3, -0.25) is 9.69 Å². The van der Waals surface area contributed by atoms with Crippen molar-refractivity contribution in [3.63, 3.8) is 0 Å². The van der Waals surface area contributed by atoms with Crippen molar-refractivity contribution in [2.24, 2.45) is 0 Å². The second-order valence-electron chi connectivity index (χ2n) is 4.85. The van der Waals surface area contributed by atoms with E-state index in [0.29, 0.717) is 11.5 Å². The van der Waals surface area contributed by atoms with Crippen LogP contribution in [0.15, 0.2) is 18.2 Å². The van der Waals surface area contributed by atoms with Crippen molar-refractivity contribution in [1.29, 1.82) is 0 Å². The highest BCUT2D eigenvalue weighted by molar-refractivity contribution is 6.41. The van der Waals surface area contributed by atoms with Gasteiger partial charge in [0.1, 0.15) is 6.10 Å². The molecule has 1 aromatic rings. The van der Waals surface area contributed by atoms with Crippen LogP contribution in [0.1, 0.15) is 17.3 Å². The summed E-state index contributed by atoms with van der Waals surface area (Å²) in [5.41, 5.74) is 0.169. The lowest BCUT2D eigenvalue weighted by Crippen LogP contribution is -2.51. The van der Waals surface area contributed by atoms with Gasteiger partial charge in [0.25, 0.3) is 5.78 Å². The number of methoxy groups -OCH3 is 1. The summed E-state index contributed by atoms with van der Waals surface area (Å²) in [5, 5.41) is 0. The van der Waals surface area contributed by atoms with Crippen LogP contribution in [0.3, 0.4) is 0 Å². The minimum atomic E-state index is -0.888. The fourth-order valence-corrected chi connectivity index (χ4v) is 2.17. The average Bonchev–Trinajstić information content (AvgIpc) is 2.45. The van der Waals surface area contributed by atoms with Gasteiger partial charge in [0, 0.05) is 13.1 Å². The molecule has 2 rings (SSSR count). The van der Waals surface area contributed by atoms with Crippen molar-refractivity contribution < 1.29 is 23.8 Å². The molecule has 0 amide bonds. The molecule has 0 aromatic heterocycles. The molecule has 0 aliphatic carbocycles. The summed E-state index contributed by atoms with van der Waals surface area (Å²) in [6.07, 6.45) is -0.0138. The standard InChI is InChI=1S/C15H19NO5/c1-4-20-15(18)13(17)11-6-5-7-12(19-3)14(11)21-10-8-16(2)9-10/h5-7,10H,4,8-9H2,1-3H3. The SMILES string of the molecule is CCOC(=O)C(=O)c1cccc(OC)c1OC1CN(C)C1. The van der Waals surface area contributed by atoms with Gasteiger partial charge in [-0.2, -0.15) is 0 Å². The minimum Gasteiger partial charge on any atom is -0.493 e. The van der Waals surface area contributed by atoms with Crippen molar-refractivity contribution in [1.82, 2.24) is 4.90 Å². The van der Waals surface area contributed by atoms with Crippen molar-refractivity contribution in [3.05, 3.63) is 23.8 Å². The summed E-state index contributed by atoms with van der Waals surface area (Å²) in [5.74, 6) is -0.879. The molecule has 1 saturated heterocycles. The Bertz CT molecular complexity index is 537. The summed E-state index contributed by atoms with van der Waals surface area (Å²) in [4.78, 5) is 25.9. The number of ketones is 1. The predicted molar refractivity (Wildman–Crippen MR) is 75.9 cm³/mol. The summed E-state index contributed by atoms with van der Waals surface area (Å²) in [6.45, 7) is 3.34. The Morgan fingerprint density at radius 2 is 2.05 bits per heavy atom. The smallest absolute Gasteiger partial charge is 0.379 e. The quantitative estimate of drug-likeness (QED) is 0.445. The molecular weight excluding hydrogens is 274 g/mol. The number of rotatable bonds is 6. The number of esters is 1. The van der Waals surface area contributed by atoms with Crippen molar-refractivity contribution in [3.8, 4) is 11.5 Å². The van der Waals surface area contributed by atoms with Crippen molar-refractivity contribution in [2.45, 2.75) is 13.0 Å². The Balaban J connectivity index is 2.27. The first-order valence-electron chi connectivity index (χ1n) is 6.80. The van der Waals surface area contributed by atoms with Gasteiger partial charge in [0.05, 0.1) is 19.3 Å². The molecule has 0 spiro atoms. The van der Waals surface area contributed by atoms with Crippen LogP contribution in [0.4, 0.5) is 0 Å². The summed E-state index contributed by atoms with van der Waals surface area (Å²) < 4.78 is 15.8. The lowest BCUT2D eigenvalue weighted by molar-refractivity contribution is -0.137. The number of nitrogens with zero attached hydrogens (tertiary/aromatic N) is 1.